The summed E-state index contributed by atoms with van der Waals surface area (Å²) >= 11 is 0. The Bertz CT molecular complexity index is 758. The van der Waals surface area contributed by atoms with Crippen molar-refractivity contribution >= 4 is 17.9 Å². The van der Waals surface area contributed by atoms with Gasteiger partial charge in [0.2, 0.25) is 0 Å². The Morgan fingerprint density at radius 2 is 1.57 bits per heavy atom. The highest BCUT2D eigenvalue weighted by atomic mass is 19.1. The van der Waals surface area contributed by atoms with Crippen LogP contribution in [-0.4, -0.2) is 65.0 Å². The summed E-state index contributed by atoms with van der Waals surface area (Å²) in [5, 5.41) is 12.0. The van der Waals surface area contributed by atoms with Crippen molar-refractivity contribution in [3.63, 3.8) is 0 Å². The van der Waals surface area contributed by atoms with E-state index < -0.39 is 23.5 Å². The van der Waals surface area contributed by atoms with Gasteiger partial charge in [-0.1, -0.05) is 0 Å². The molecule has 1 saturated carbocycles. The second kappa shape index (κ2) is 8.53. The first-order valence-electron chi connectivity index (χ1n) is 9.37. The predicted molar refractivity (Wildman–Crippen MR) is 95.7 cm³/mol. The van der Waals surface area contributed by atoms with Crippen LogP contribution in [-0.2, 0) is 4.79 Å². The summed E-state index contributed by atoms with van der Waals surface area (Å²) in [7, 11) is 0. The molecule has 0 radical (unpaired) electrons. The third-order valence-corrected chi connectivity index (χ3v) is 5.42. The molecular weight excluding hydrogens is 372 g/mol. The lowest BCUT2D eigenvalue weighted by atomic mass is 9.86. The summed E-state index contributed by atoms with van der Waals surface area (Å²) in [6.45, 7) is 1.14. The molecule has 1 aromatic carbocycles. The van der Waals surface area contributed by atoms with Gasteiger partial charge in [-0.25, -0.2) is 13.6 Å². The number of aliphatic carboxylic acids is 1. The lowest BCUT2D eigenvalue weighted by Gasteiger charge is -2.36. The number of nitrogens with zero attached hydrogens (tertiary/aromatic N) is 2. The molecule has 0 unspecified atom stereocenters. The lowest BCUT2D eigenvalue weighted by Crippen LogP contribution is -2.55. The number of carboxylic acids is 1. The van der Waals surface area contributed by atoms with Crippen molar-refractivity contribution < 1.29 is 28.3 Å². The third-order valence-electron chi connectivity index (χ3n) is 5.42. The topological polar surface area (TPSA) is 89.9 Å². The molecule has 3 rings (SSSR count). The number of nitrogens with one attached hydrogen (secondary N) is 1. The molecule has 1 aliphatic carbocycles. The molecule has 1 aromatic rings. The number of hydrogen-bond donors (Lipinski definition) is 2. The SMILES string of the molecule is O=C(O)C1CCC(NC(=O)N2CCN(C(=O)c3ccc(F)cc3F)CC2)CC1. The van der Waals surface area contributed by atoms with E-state index in [2.05, 4.69) is 5.32 Å². The van der Waals surface area contributed by atoms with Gasteiger partial charge in [0.25, 0.3) is 5.91 Å². The maximum Gasteiger partial charge on any atom is 0.317 e. The van der Waals surface area contributed by atoms with Gasteiger partial charge in [0.05, 0.1) is 11.5 Å². The highest BCUT2D eigenvalue weighted by Gasteiger charge is 2.30. The zero-order valence-electron chi connectivity index (χ0n) is 15.4. The van der Waals surface area contributed by atoms with Crippen LogP contribution in [0.2, 0.25) is 0 Å². The molecule has 0 aromatic heterocycles. The Balaban J connectivity index is 1.47. The van der Waals surface area contributed by atoms with Gasteiger partial charge in [-0.15, -0.1) is 0 Å². The summed E-state index contributed by atoms with van der Waals surface area (Å²) in [6.07, 6.45) is 2.35. The van der Waals surface area contributed by atoms with Crippen LogP contribution < -0.4 is 5.32 Å². The zero-order chi connectivity index (χ0) is 20.3. The van der Waals surface area contributed by atoms with Gasteiger partial charge in [0.1, 0.15) is 11.6 Å². The molecule has 0 atom stereocenters. The summed E-state index contributed by atoms with van der Waals surface area (Å²) in [5.74, 6) is -3.29. The van der Waals surface area contributed by atoms with Crippen LogP contribution in [0.1, 0.15) is 36.0 Å². The van der Waals surface area contributed by atoms with Gasteiger partial charge in [-0.2, -0.15) is 0 Å². The van der Waals surface area contributed by atoms with Crippen LogP contribution in [0.5, 0.6) is 0 Å². The van der Waals surface area contributed by atoms with E-state index in [1.165, 1.54) is 4.90 Å². The van der Waals surface area contributed by atoms with Crippen molar-refractivity contribution in [1.29, 1.82) is 0 Å². The molecule has 0 bridgehead atoms. The predicted octanol–water partition coefficient (Wildman–Crippen LogP) is 2.08. The molecule has 2 aliphatic rings. The molecule has 3 amide bonds. The largest absolute Gasteiger partial charge is 0.481 e. The number of urea groups is 1. The van der Waals surface area contributed by atoms with Crippen LogP contribution >= 0.6 is 0 Å². The van der Waals surface area contributed by atoms with E-state index in [9.17, 15) is 23.2 Å². The van der Waals surface area contributed by atoms with Crippen molar-refractivity contribution in [1.82, 2.24) is 15.1 Å². The Morgan fingerprint density at radius 3 is 2.14 bits per heavy atom. The first-order valence-corrected chi connectivity index (χ1v) is 9.37. The molecule has 0 spiro atoms. The lowest BCUT2D eigenvalue weighted by molar-refractivity contribution is -0.142. The van der Waals surface area contributed by atoms with Crippen molar-refractivity contribution in [2.45, 2.75) is 31.7 Å². The zero-order valence-corrected chi connectivity index (χ0v) is 15.4. The summed E-state index contributed by atoms with van der Waals surface area (Å²) in [6, 6.07) is 2.56. The van der Waals surface area contributed by atoms with Gasteiger partial charge in [0, 0.05) is 38.3 Å². The highest BCUT2D eigenvalue weighted by molar-refractivity contribution is 5.94. The quantitative estimate of drug-likeness (QED) is 0.820. The van der Waals surface area contributed by atoms with Crippen LogP contribution in [0.3, 0.4) is 0 Å². The Kier molecular flexibility index (Phi) is 6.11. The molecule has 7 nitrogen and oxygen atoms in total. The van der Waals surface area contributed by atoms with Gasteiger partial charge >= 0.3 is 12.0 Å². The molecular formula is C19H23F2N3O4. The second-order valence-corrected chi connectivity index (χ2v) is 7.24. The number of benzene rings is 1. The molecule has 1 heterocycles. The Hall–Kier alpha value is -2.71. The van der Waals surface area contributed by atoms with Crippen molar-refractivity contribution in [3.8, 4) is 0 Å². The van der Waals surface area contributed by atoms with E-state index in [4.69, 9.17) is 5.11 Å². The Morgan fingerprint density at radius 1 is 0.964 bits per heavy atom. The van der Waals surface area contributed by atoms with Crippen LogP contribution in [0.4, 0.5) is 13.6 Å². The average molecular weight is 395 g/mol. The summed E-state index contributed by atoms with van der Waals surface area (Å²) < 4.78 is 26.8. The monoisotopic (exact) mass is 395 g/mol. The number of carboxylic acid groups (broad SMARTS) is 1. The minimum Gasteiger partial charge on any atom is -0.481 e. The number of carbonyl (C=O) groups is 3. The van der Waals surface area contributed by atoms with E-state index in [0.717, 1.165) is 12.1 Å². The number of piperazine rings is 1. The van der Waals surface area contributed by atoms with E-state index >= 15 is 0 Å². The Labute approximate surface area is 161 Å². The van der Waals surface area contributed by atoms with Gasteiger partial charge in [-0.3, -0.25) is 9.59 Å². The smallest absolute Gasteiger partial charge is 0.317 e. The van der Waals surface area contributed by atoms with E-state index in [-0.39, 0.29) is 36.6 Å². The normalized spacial score (nSPS) is 22.6. The summed E-state index contributed by atoms with van der Waals surface area (Å²) in [4.78, 5) is 38.8. The number of halogens is 2. The van der Waals surface area contributed by atoms with Gasteiger partial charge < -0.3 is 20.2 Å². The van der Waals surface area contributed by atoms with Gasteiger partial charge in [-0.05, 0) is 37.8 Å². The minimum atomic E-state index is -0.901. The fourth-order valence-electron chi connectivity index (χ4n) is 3.70. The highest BCUT2D eigenvalue weighted by Crippen LogP contribution is 2.24. The minimum absolute atomic E-state index is 0.0453. The molecule has 9 heteroatoms. The van der Waals surface area contributed by atoms with Crippen molar-refractivity contribution in [2.75, 3.05) is 26.2 Å². The third kappa shape index (κ3) is 4.58. The van der Waals surface area contributed by atoms with Crippen LogP contribution in [0.15, 0.2) is 18.2 Å². The van der Waals surface area contributed by atoms with Crippen molar-refractivity contribution in [2.24, 2.45) is 5.92 Å². The van der Waals surface area contributed by atoms with Gasteiger partial charge in [0.15, 0.2) is 0 Å². The summed E-state index contributed by atoms with van der Waals surface area (Å²) in [5.41, 5.74) is -0.186. The second-order valence-electron chi connectivity index (χ2n) is 7.24. The van der Waals surface area contributed by atoms with Crippen LogP contribution in [0.25, 0.3) is 0 Å². The number of hydrogen-bond acceptors (Lipinski definition) is 3. The first-order chi connectivity index (χ1) is 13.3. The number of carbonyl (C=O) groups excluding carboxylic acids is 2. The molecule has 152 valence electrons. The van der Waals surface area contributed by atoms with Crippen molar-refractivity contribution in [3.05, 3.63) is 35.4 Å². The first kappa shape index (κ1) is 20.0. The van der Waals surface area contributed by atoms with Crippen LogP contribution in [0, 0.1) is 17.6 Å². The maximum absolute atomic E-state index is 13.8. The van der Waals surface area contributed by atoms with E-state index in [1.807, 2.05) is 0 Å². The molecule has 1 aliphatic heterocycles. The molecule has 28 heavy (non-hydrogen) atoms. The fraction of sp³-hybridized carbons (Fsp3) is 0.526. The fourth-order valence-corrected chi connectivity index (χ4v) is 3.70. The number of rotatable bonds is 3. The van der Waals surface area contributed by atoms with E-state index in [0.29, 0.717) is 44.8 Å². The molecule has 2 N–H and O–H groups in total. The number of amides is 3. The molecule has 2 fully saturated rings. The average Bonchev–Trinajstić information content (AvgIpc) is 2.68. The molecule has 1 saturated heterocycles. The standard InChI is InChI=1S/C19H23F2N3O4/c20-13-3-6-15(16(21)11-13)17(25)23-7-9-24(10-8-23)19(28)22-14-4-1-12(2-5-14)18(26)27/h3,6,11-12,14H,1-2,4-5,7-10H2,(H,22,28)(H,26,27). The van der Waals surface area contributed by atoms with E-state index in [1.54, 1.807) is 4.90 Å². The maximum atomic E-state index is 13.8.